The van der Waals surface area contributed by atoms with Gasteiger partial charge in [0.2, 0.25) is 0 Å². The van der Waals surface area contributed by atoms with E-state index in [9.17, 15) is 9.18 Å². The van der Waals surface area contributed by atoms with Crippen LogP contribution in [0.4, 0.5) is 10.1 Å². The van der Waals surface area contributed by atoms with Crippen LogP contribution in [0.5, 0.6) is 0 Å². The molecule has 0 saturated heterocycles. The second-order valence-electron chi connectivity index (χ2n) is 3.65. The summed E-state index contributed by atoms with van der Waals surface area (Å²) in [4.78, 5) is 15.8. The number of anilines is 1. The van der Waals surface area contributed by atoms with Gasteiger partial charge in [-0.1, -0.05) is 0 Å². The minimum atomic E-state index is -0.529. The van der Waals surface area contributed by atoms with Gasteiger partial charge in [0.15, 0.2) is 0 Å². The van der Waals surface area contributed by atoms with Crippen LogP contribution >= 0.6 is 15.9 Å². The van der Waals surface area contributed by atoms with Gasteiger partial charge in [-0.3, -0.25) is 9.78 Å². The number of hydrogen-bond acceptors (Lipinski definition) is 3. The van der Waals surface area contributed by atoms with E-state index in [-0.39, 0.29) is 11.3 Å². The first-order valence-electron chi connectivity index (χ1n) is 5.21. The molecule has 0 aliphatic carbocycles. The summed E-state index contributed by atoms with van der Waals surface area (Å²) < 4.78 is 13.6. The highest BCUT2D eigenvalue weighted by Crippen LogP contribution is 2.17. The zero-order valence-electron chi connectivity index (χ0n) is 9.52. The predicted octanol–water partition coefficient (Wildman–Crippen LogP) is 3.11. The smallest absolute Gasteiger partial charge is 0.257 e. The van der Waals surface area contributed by atoms with Crippen molar-refractivity contribution in [3.05, 3.63) is 58.1 Å². The molecule has 0 unspecified atom stereocenters. The summed E-state index contributed by atoms with van der Waals surface area (Å²) in [5.41, 5.74) is 0.660. The lowest BCUT2D eigenvalue weighted by atomic mass is 10.1. The van der Waals surface area contributed by atoms with Gasteiger partial charge in [-0.2, -0.15) is 5.26 Å². The number of aromatic nitrogens is 1. The fourth-order valence-electron chi connectivity index (χ4n) is 1.45. The Bertz CT molecular complexity index is 682. The van der Waals surface area contributed by atoms with Crippen molar-refractivity contribution in [3.63, 3.8) is 0 Å². The van der Waals surface area contributed by atoms with Gasteiger partial charge in [0.25, 0.3) is 5.91 Å². The van der Waals surface area contributed by atoms with Gasteiger partial charge in [0.05, 0.1) is 16.8 Å². The summed E-state index contributed by atoms with van der Waals surface area (Å²) in [6.45, 7) is 0. The van der Waals surface area contributed by atoms with Gasteiger partial charge < -0.3 is 5.32 Å². The van der Waals surface area contributed by atoms with Crippen molar-refractivity contribution < 1.29 is 9.18 Å². The second-order valence-corrected chi connectivity index (χ2v) is 4.56. The molecule has 0 saturated carbocycles. The van der Waals surface area contributed by atoms with E-state index in [1.807, 2.05) is 6.07 Å². The van der Waals surface area contributed by atoms with Crippen LogP contribution in [-0.4, -0.2) is 10.9 Å². The van der Waals surface area contributed by atoms with E-state index in [0.29, 0.717) is 10.0 Å². The first-order chi connectivity index (χ1) is 9.10. The predicted molar refractivity (Wildman–Crippen MR) is 71.0 cm³/mol. The molecule has 19 heavy (non-hydrogen) atoms. The van der Waals surface area contributed by atoms with Crippen LogP contribution in [0, 0.1) is 17.1 Å². The molecule has 2 aromatic rings. The average molecular weight is 320 g/mol. The van der Waals surface area contributed by atoms with Crippen molar-refractivity contribution >= 4 is 27.5 Å². The number of carbonyl (C=O) groups is 1. The molecule has 4 nitrogen and oxygen atoms in total. The second kappa shape index (κ2) is 5.59. The molecular formula is C13H7BrFN3O. The fraction of sp³-hybridized carbons (Fsp3) is 0. The number of carbonyl (C=O) groups excluding carboxylic acids is 1. The van der Waals surface area contributed by atoms with E-state index in [2.05, 4.69) is 26.2 Å². The molecule has 1 aromatic carbocycles. The molecule has 0 fully saturated rings. The molecule has 2 rings (SSSR count). The minimum absolute atomic E-state index is 0.0660. The van der Waals surface area contributed by atoms with Crippen LogP contribution in [0.15, 0.2) is 41.1 Å². The zero-order chi connectivity index (χ0) is 13.8. The van der Waals surface area contributed by atoms with E-state index in [1.54, 1.807) is 12.3 Å². The summed E-state index contributed by atoms with van der Waals surface area (Å²) in [6.07, 6.45) is 2.95. The van der Waals surface area contributed by atoms with Crippen molar-refractivity contribution in [2.45, 2.75) is 0 Å². The average Bonchev–Trinajstić information content (AvgIpc) is 2.40. The Hall–Kier alpha value is -2.26. The first-order valence-corrected chi connectivity index (χ1v) is 6.01. The summed E-state index contributed by atoms with van der Waals surface area (Å²) in [7, 11) is 0. The Labute approximate surface area is 117 Å². The third kappa shape index (κ3) is 3.14. The standard InChI is InChI=1S/C13H7BrFN3O/c14-10-3-9(6-17-7-10)13(19)18-12-2-1-11(15)4-8(12)5-16/h1-4,6-7H,(H,18,19). The summed E-state index contributed by atoms with van der Waals surface area (Å²) in [5, 5.41) is 11.4. The molecule has 1 aromatic heterocycles. The fourth-order valence-corrected chi connectivity index (χ4v) is 1.81. The Morgan fingerprint density at radius 3 is 2.84 bits per heavy atom. The Balaban J connectivity index is 2.27. The van der Waals surface area contributed by atoms with Gasteiger partial charge >= 0.3 is 0 Å². The lowest BCUT2D eigenvalue weighted by Crippen LogP contribution is -2.13. The molecule has 94 valence electrons. The van der Waals surface area contributed by atoms with Crippen molar-refractivity contribution in [2.24, 2.45) is 0 Å². The van der Waals surface area contributed by atoms with Crippen molar-refractivity contribution in [2.75, 3.05) is 5.32 Å². The third-order valence-electron chi connectivity index (χ3n) is 2.32. The number of nitriles is 1. The number of pyridine rings is 1. The molecule has 1 amide bonds. The minimum Gasteiger partial charge on any atom is -0.321 e. The Morgan fingerprint density at radius 2 is 2.16 bits per heavy atom. The van der Waals surface area contributed by atoms with Crippen molar-refractivity contribution in [1.82, 2.24) is 4.98 Å². The van der Waals surface area contributed by atoms with E-state index in [4.69, 9.17) is 5.26 Å². The van der Waals surface area contributed by atoms with E-state index >= 15 is 0 Å². The number of nitrogens with zero attached hydrogens (tertiary/aromatic N) is 2. The molecule has 0 atom stereocenters. The lowest BCUT2D eigenvalue weighted by molar-refractivity contribution is 0.102. The highest BCUT2D eigenvalue weighted by Gasteiger charge is 2.10. The van der Waals surface area contributed by atoms with Crippen LogP contribution in [0.25, 0.3) is 0 Å². The van der Waals surface area contributed by atoms with Crippen molar-refractivity contribution in [1.29, 1.82) is 5.26 Å². The number of nitrogens with one attached hydrogen (secondary N) is 1. The van der Waals surface area contributed by atoms with E-state index in [0.717, 1.165) is 6.07 Å². The van der Waals surface area contributed by atoms with Gasteiger partial charge in [0, 0.05) is 16.9 Å². The monoisotopic (exact) mass is 319 g/mol. The highest BCUT2D eigenvalue weighted by molar-refractivity contribution is 9.10. The number of amides is 1. The summed E-state index contributed by atoms with van der Waals surface area (Å²) in [6, 6.07) is 7.01. The number of halogens is 2. The van der Waals surface area contributed by atoms with Crippen LogP contribution in [0.1, 0.15) is 15.9 Å². The quantitative estimate of drug-likeness (QED) is 0.924. The Morgan fingerprint density at radius 1 is 1.37 bits per heavy atom. The first kappa shape index (κ1) is 13.2. The van der Waals surface area contributed by atoms with Crippen LogP contribution in [0.3, 0.4) is 0 Å². The molecule has 0 bridgehead atoms. The number of rotatable bonds is 2. The summed E-state index contributed by atoms with van der Waals surface area (Å²) in [5.74, 6) is -0.949. The molecule has 1 heterocycles. The van der Waals surface area contributed by atoms with Gasteiger partial charge in [-0.15, -0.1) is 0 Å². The topological polar surface area (TPSA) is 65.8 Å². The Kier molecular flexibility index (Phi) is 3.88. The molecule has 0 aliphatic heterocycles. The van der Waals surface area contributed by atoms with Gasteiger partial charge in [-0.05, 0) is 40.2 Å². The molecule has 0 spiro atoms. The highest BCUT2D eigenvalue weighted by atomic mass is 79.9. The molecule has 6 heteroatoms. The molecular weight excluding hydrogens is 313 g/mol. The summed E-state index contributed by atoms with van der Waals surface area (Å²) >= 11 is 3.21. The lowest BCUT2D eigenvalue weighted by Gasteiger charge is -2.07. The number of benzene rings is 1. The molecule has 1 N–H and O–H groups in total. The van der Waals surface area contributed by atoms with Gasteiger partial charge in [0.1, 0.15) is 11.9 Å². The normalized spacial score (nSPS) is 9.74. The SMILES string of the molecule is N#Cc1cc(F)ccc1NC(=O)c1cncc(Br)c1. The maximum Gasteiger partial charge on any atom is 0.257 e. The van der Waals surface area contributed by atoms with Crippen LogP contribution < -0.4 is 5.32 Å². The maximum absolute atomic E-state index is 13.0. The number of hydrogen-bond donors (Lipinski definition) is 1. The maximum atomic E-state index is 13.0. The third-order valence-corrected chi connectivity index (χ3v) is 2.75. The molecule has 0 radical (unpaired) electrons. The van der Waals surface area contributed by atoms with Crippen LogP contribution in [-0.2, 0) is 0 Å². The zero-order valence-corrected chi connectivity index (χ0v) is 11.1. The van der Waals surface area contributed by atoms with Crippen LogP contribution in [0.2, 0.25) is 0 Å². The largest absolute Gasteiger partial charge is 0.321 e. The van der Waals surface area contributed by atoms with E-state index < -0.39 is 11.7 Å². The molecule has 0 aliphatic rings. The van der Waals surface area contributed by atoms with Gasteiger partial charge in [-0.25, -0.2) is 4.39 Å². The van der Waals surface area contributed by atoms with Crippen molar-refractivity contribution in [3.8, 4) is 6.07 Å². The van der Waals surface area contributed by atoms with E-state index in [1.165, 1.54) is 18.3 Å².